The number of nitrogens with zero attached hydrogens (tertiary/aromatic N) is 3. The van der Waals surface area contributed by atoms with Gasteiger partial charge in [-0.25, -0.2) is 15.0 Å². The molecule has 1 aliphatic rings. The Morgan fingerprint density at radius 1 is 0.636 bits per heavy atom. The Labute approximate surface area is 195 Å². The van der Waals surface area contributed by atoms with Crippen LogP contribution in [0.15, 0.2) is 85.5 Å². The monoisotopic (exact) mass is 435 g/mol. The molecule has 0 radical (unpaired) electrons. The highest BCUT2D eigenvalue weighted by Crippen LogP contribution is 2.41. The van der Waals surface area contributed by atoms with E-state index in [9.17, 15) is 0 Å². The molecule has 5 rings (SSSR count). The fourth-order valence-corrected chi connectivity index (χ4v) is 4.17. The van der Waals surface area contributed by atoms with E-state index in [1.54, 1.807) is 0 Å². The van der Waals surface area contributed by atoms with Gasteiger partial charge in [0, 0.05) is 11.1 Å². The normalized spacial score (nSPS) is 16.7. The summed E-state index contributed by atoms with van der Waals surface area (Å²) < 4.78 is 13.0. The number of benzene rings is 3. The van der Waals surface area contributed by atoms with Crippen LogP contribution in [-0.4, -0.2) is 33.3 Å². The largest absolute Gasteiger partial charge is 0.495 e. The van der Waals surface area contributed by atoms with E-state index in [4.69, 9.17) is 9.31 Å². The maximum Gasteiger partial charge on any atom is 0.495 e. The van der Waals surface area contributed by atoms with Crippen LogP contribution in [0.3, 0.4) is 0 Å². The molecule has 4 aromatic rings. The summed E-state index contributed by atoms with van der Waals surface area (Å²) in [7, 11) is -0.500. The lowest BCUT2D eigenvalue weighted by atomic mass is 9.71. The molecule has 0 amide bonds. The number of aromatic nitrogens is 3. The van der Waals surface area contributed by atoms with Gasteiger partial charge in [0.1, 0.15) is 12.7 Å². The summed E-state index contributed by atoms with van der Waals surface area (Å²) in [4.78, 5) is 12.9. The zero-order chi connectivity index (χ0) is 23.1. The first kappa shape index (κ1) is 21.5. The van der Waals surface area contributed by atoms with Crippen molar-refractivity contribution in [2.75, 3.05) is 0 Å². The van der Waals surface area contributed by atoms with E-state index in [1.165, 1.54) is 12.7 Å². The van der Waals surface area contributed by atoms with E-state index in [0.29, 0.717) is 5.82 Å². The van der Waals surface area contributed by atoms with Crippen LogP contribution in [0.2, 0.25) is 0 Å². The molecule has 6 heteroatoms. The third kappa shape index (κ3) is 3.86. The topological polar surface area (TPSA) is 57.1 Å². The summed E-state index contributed by atoms with van der Waals surface area (Å²) in [5, 5.41) is 0. The van der Waals surface area contributed by atoms with Gasteiger partial charge in [0.15, 0.2) is 5.82 Å². The van der Waals surface area contributed by atoms with E-state index < -0.39 is 18.3 Å². The van der Waals surface area contributed by atoms with Crippen molar-refractivity contribution in [1.82, 2.24) is 15.0 Å². The first-order chi connectivity index (χ1) is 15.9. The molecule has 1 fully saturated rings. The highest BCUT2D eigenvalue weighted by molar-refractivity contribution is 6.64. The second-order valence-electron chi connectivity index (χ2n) is 9.23. The minimum atomic E-state index is -0.500. The van der Waals surface area contributed by atoms with E-state index in [-0.39, 0.29) is 0 Å². The maximum atomic E-state index is 6.49. The molecule has 164 valence electrons. The van der Waals surface area contributed by atoms with Crippen molar-refractivity contribution >= 4 is 12.6 Å². The second kappa shape index (κ2) is 8.21. The SMILES string of the molecule is CC1(C)OB(c2ccc(-c3ncncn3)c(-c3ccccc3)c2-c2ccccc2)OC1(C)C. The molecule has 0 atom stereocenters. The van der Waals surface area contributed by atoms with Crippen LogP contribution < -0.4 is 5.46 Å². The van der Waals surface area contributed by atoms with Crippen LogP contribution in [0, 0.1) is 0 Å². The molecule has 1 saturated heterocycles. The lowest BCUT2D eigenvalue weighted by molar-refractivity contribution is 0.00578. The number of rotatable bonds is 4. The summed E-state index contributed by atoms with van der Waals surface area (Å²) in [6, 6.07) is 24.8. The van der Waals surface area contributed by atoms with E-state index in [2.05, 4.69) is 79.0 Å². The van der Waals surface area contributed by atoms with E-state index in [0.717, 1.165) is 33.3 Å². The van der Waals surface area contributed by atoms with Crippen molar-refractivity contribution in [3.63, 3.8) is 0 Å². The molecule has 3 aromatic carbocycles. The average molecular weight is 435 g/mol. The smallest absolute Gasteiger partial charge is 0.399 e. The molecular weight excluding hydrogens is 409 g/mol. The van der Waals surface area contributed by atoms with Gasteiger partial charge in [-0.1, -0.05) is 72.8 Å². The molecule has 0 bridgehead atoms. The highest BCUT2D eigenvalue weighted by atomic mass is 16.7. The molecule has 0 saturated carbocycles. The van der Waals surface area contributed by atoms with Gasteiger partial charge >= 0.3 is 7.12 Å². The number of hydrogen-bond donors (Lipinski definition) is 0. The Hall–Kier alpha value is -3.35. The fourth-order valence-electron chi connectivity index (χ4n) is 4.17. The van der Waals surface area contributed by atoms with Gasteiger partial charge in [-0.3, -0.25) is 0 Å². The Bertz CT molecular complexity index is 1250. The third-order valence-corrected chi connectivity index (χ3v) is 6.60. The zero-order valence-electron chi connectivity index (χ0n) is 19.3. The van der Waals surface area contributed by atoms with Crippen LogP contribution in [-0.2, 0) is 9.31 Å². The highest BCUT2D eigenvalue weighted by Gasteiger charge is 2.52. The maximum absolute atomic E-state index is 6.49. The Morgan fingerprint density at radius 2 is 1.15 bits per heavy atom. The fraction of sp³-hybridized carbons (Fsp3) is 0.222. The second-order valence-corrected chi connectivity index (χ2v) is 9.23. The van der Waals surface area contributed by atoms with E-state index in [1.807, 2.05) is 36.4 Å². The van der Waals surface area contributed by atoms with Crippen LogP contribution in [0.1, 0.15) is 27.7 Å². The van der Waals surface area contributed by atoms with Crippen LogP contribution in [0.5, 0.6) is 0 Å². The first-order valence-electron chi connectivity index (χ1n) is 11.1. The summed E-state index contributed by atoms with van der Waals surface area (Å²) >= 11 is 0. The van der Waals surface area contributed by atoms with E-state index >= 15 is 0 Å². The Morgan fingerprint density at radius 3 is 1.70 bits per heavy atom. The van der Waals surface area contributed by atoms with Crippen molar-refractivity contribution < 1.29 is 9.31 Å². The van der Waals surface area contributed by atoms with Crippen molar-refractivity contribution in [3.05, 3.63) is 85.5 Å². The summed E-state index contributed by atoms with van der Waals surface area (Å²) in [5.41, 5.74) is 5.29. The van der Waals surface area contributed by atoms with Crippen LogP contribution in [0.4, 0.5) is 0 Å². The molecule has 5 nitrogen and oxygen atoms in total. The number of hydrogen-bond acceptors (Lipinski definition) is 5. The lowest BCUT2D eigenvalue weighted by Gasteiger charge is -2.32. The average Bonchev–Trinajstić information content (AvgIpc) is 3.06. The van der Waals surface area contributed by atoms with Crippen molar-refractivity contribution in [2.24, 2.45) is 0 Å². The summed E-state index contributed by atoms with van der Waals surface area (Å²) in [6.07, 6.45) is 3.06. The predicted molar refractivity (Wildman–Crippen MR) is 132 cm³/mol. The van der Waals surface area contributed by atoms with Crippen LogP contribution in [0.25, 0.3) is 33.6 Å². The van der Waals surface area contributed by atoms with Crippen molar-refractivity contribution in [2.45, 2.75) is 38.9 Å². The third-order valence-electron chi connectivity index (χ3n) is 6.60. The van der Waals surface area contributed by atoms with Gasteiger partial charge < -0.3 is 9.31 Å². The van der Waals surface area contributed by atoms with Crippen molar-refractivity contribution in [3.8, 4) is 33.6 Å². The summed E-state index contributed by atoms with van der Waals surface area (Å²) in [6.45, 7) is 8.30. The first-order valence-corrected chi connectivity index (χ1v) is 11.1. The minimum Gasteiger partial charge on any atom is -0.399 e. The Kier molecular flexibility index (Phi) is 5.35. The molecule has 0 spiro atoms. The van der Waals surface area contributed by atoms with Gasteiger partial charge in [0.05, 0.1) is 11.2 Å². The van der Waals surface area contributed by atoms with Gasteiger partial charge in [0.25, 0.3) is 0 Å². The molecule has 2 heterocycles. The molecule has 0 unspecified atom stereocenters. The van der Waals surface area contributed by atoms with Crippen LogP contribution >= 0.6 is 0 Å². The summed E-state index contributed by atoms with van der Waals surface area (Å²) in [5.74, 6) is 0.626. The molecule has 0 N–H and O–H groups in total. The molecule has 1 aliphatic heterocycles. The molecular formula is C27H26BN3O2. The van der Waals surface area contributed by atoms with Gasteiger partial charge in [-0.15, -0.1) is 0 Å². The quantitative estimate of drug-likeness (QED) is 0.414. The minimum absolute atomic E-state index is 0.439. The van der Waals surface area contributed by atoms with Gasteiger partial charge in [-0.05, 0) is 49.8 Å². The molecule has 0 aliphatic carbocycles. The van der Waals surface area contributed by atoms with Gasteiger partial charge in [0.2, 0.25) is 0 Å². The van der Waals surface area contributed by atoms with Gasteiger partial charge in [-0.2, -0.15) is 0 Å². The van der Waals surface area contributed by atoms with Crippen molar-refractivity contribution in [1.29, 1.82) is 0 Å². The Balaban J connectivity index is 1.82. The molecule has 1 aromatic heterocycles. The standard InChI is InChI=1S/C27H26BN3O2/c1-26(2)27(3,4)33-28(32-26)22-16-15-21(25-30-17-29-18-31-25)23(19-11-7-5-8-12-19)24(22)20-13-9-6-10-14-20/h5-18H,1-4H3. The molecule has 33 heavy (non-hydrogen) atoms. The lowest BCUT2D eigenvalue weighted by Crippen LogP contribution is -2.41. The predicted octanol–water partition coefficient (Wildman–Crippen LogP) is 5.17. The zero-order valence-corrected chi connectivity index (χ0v) is 19.3.